The number of imidazole rings is 1. The van der Waals surface area contributed by atoms with Crippen molar-refractivity contribution < 1.29 is 4.74 Å². The molecule has 2 N–H and O–H groups in total. The van der Waals surface area contributed by atoms with Crippen molar-refractivity contribution in [1.82, 2.24) is 19.5 Å². The van der Waals surface area contributed by atoms with Crippen LogP contribution in [0.25, 0.3) is 11.3 Å². The van der Waals surface area contributed by atoms with Crippen molar-refractivity contribution in [3.05, 3.63) is 48.3 Å². The van der Waals surface area contributed by atoms with E-state index in [2.05, 4.69) is 15.0 Å². The van der Waals surface area contributed by atoms with Gasteiger partial charge in [0, 0.05) is 12.4 Å². The zero-order valence-electron chi connectivity index (χ0n) is 10.2. The molecule has 2 aromatic heterocycles. The van der Waals surface area contributed by atoms with Crippen molar-refractivity contribution in [2.75, 3.05) is 5.73 Å². The van der Waals surface area contributed by atoms with E-state index in [0.717, 1.165) is 5.56 Å². The van der Waals surface area contributed by atoms with E-state index in [1.165, 1.54) is 0 Å². The highest BCUT2D eigenvalue weighted by Crippen LogP contribution is 2.13. The second-order valence-electron chi connectivity index (χ2n) is 4.06. The Morgan fingerprint density at radius 3 is 2.74 bits per heavy atom. The minimum Gasteiger partial charge on any atom is -0.369 e. The zero-order chi connectivity index (χ0) is 13.1. The standard InChI is InChI=1S/C13H13N5O/c14-13-17-11-12(16-7-6-15-11)18(13)9-19-8-10-4-2-1-3-5-10/h1-7H,8-9H2,(H2,14,15,17). The molecule has 3 rings (SSSR count). The summed E-state index contributed by atoms with van der Waals surface area (Å²) in [4.78, 5) is 12.4. The minimum atomic E-state index is 0.302. The van der Waals surface area contributed by atoms with Crippen LogP contribution in [0, 0.1) is 0 Å². The Balaban J connectivity index is 1.73. The second kappa shape index (κ2) is 5.03. The molecule has 0 aliphatic rings. The number of anilines is 1. The van der Waals surface area contributed by atoms with Gasteiger partial charge in [-0.25, -0.2) is 9.97 Å². The number of hydrogen-bond acceptors (Lipinski definition) is 5. The van der Waals surface area contributed by atoms with E-state index in [1.807, 2.05) is 30.3 Å². The van der Waals surface area contributed by atoms with Gasteiger partial charge in [0.2, 0.25) is 5.95 Å². The zero-order valence-corrected chi connectivity index (χ0v) is 10.2. The fourth-order valence-corrected chi connectivity index (χ4v) is 1.83. The Morgan fingerprint density at radius 1 is 1.11 bits per heavy atom. The van der Waals surface area contributed by atoms with Crippen LogP contribution in [0.2, 0.25) is 0 Å². The van der Waals surface area contributed by atoms with Crippen molar-refractivity contribution >= 4 is 17.2 Å². The summed E-state index contributed by atoms with van der Waals surface area (Å²) in [5.41, 5.74) is 8.10. The third kappa shape index (κ3) is 2.38. The smallest absolute Gasteiger partial charge is 0.205 e. The van der Waals surface area contributed by atoms with Gasteiger partial charge in [-0.05, 0) is 5.56 Å². The molecule has 0 spiro atoms. The van der Waals surface area contributed by atoms with E-state index >= 15 is 0 Å². The van der Waals surface area contributed by atoms with Crippen molar-refractivity contribution in [1.29, 1.82) is 0 Å². The number of hydrogen-bond donors (Lipinski definition) is 1. The molecular weight excluding hydrogens is 242 g/mol. The molecule has 0 unspecified atom stereocenters. The largest absolute Gasteiger partial charge is 0.369 e. The van der Waals surface area contributed by atoms with E-state index in [9.17, 15) is 0 Å². The average Bonchev–Trinajstić information content (AvgIpc) is 2.76. The predicted molar refractivity (Wildman–Crippen MR) is 71.0 cm³/mol. The number of nitrogens with zero attached hydrogens (tertiary/aromatic N) is 4. The molecule has 6 heteroatoms. The van der Waals surface area contributed by atoms with Gasteiger partial charge in [-0.15, -0.1) is 0 Å². The molecule has 0 bridgehead atoms. The molecule has 0 atom stereocenters. The normalized spacial score (nSPS) is 10.9. The molecule has 0 aliphatic heterocycles. The first-order valence-corrected chi connectivity index (χ1v) is 5.89. The molecule has 0 amide bonds. The monoisotopic (exact) mass is 255 g/mol. The number of rotatable bonds is 4. The maximum atomic E-state index is 5.82. The number of fused-ring (bicyclic) bond motifs is 1. The maximum Gasteiger partial charge on any atom is 0.205 e. The fourth-order valence-electron chi connectivity index (χ4n) is 1.83. The number of nitrogens with two attached hydrogens (primary N) is 1. The Bertz CT molecular complexity index is 680. The highest BCUT2D eigenvalue weighted by atomic mass is 16.5. The van der Waals surface area contributed by atoms with Crippen molar-refractivity contribution in [3.63, 3.8) is 0 Å². The first kappa shape index (κ1) is 11.6. The third-order valence-electron chi connectivity index (χ3n) is 2.74. The minimum absolute atomic E-state index is 0.302. The lowest BCUT2D eigenvalue weighted by Gasteiger charge is -2.07. The average molecular weight is 255 g/mol. The lowest BCUT2D eigenvalue weighted by molar-refractivity contribution is 0.0674. The van der Waals surface area contributed by atoms with E-state index in [0.29, 0.717) is 30.6 Å². The topological polar surface area (TPSA) is 78.9 Å². The molecule has 0 saturated heterocycles. The molecule has 2 heterocycles. The lowest BCUT2D eigenvalue weighted by Crippen LogP contribution is -2.07. The highest BCUT2D eigenvalue weighted by molar-refractivity contribution is 5.68. The summed E-state index contributed by atoms with van der Waals surface area (Å²) in [5.74, 6) is 0.356. The van der Waals surface area contributed by atoms with Crippen LogP contribution >= 0.6 is 0 Å². The highest BCUT2D eigenvalue weighted by Gasteiger charge is 2.09. The third-order valence-corrected chi connectivity index (χ3v) is 2.74. The first-order valence-electron chi connectivity index (χ1n) is 5.89. The van der Waals surface area contributed by atoms with Crippen LogP contribution in [-0.4, -0.2) is 19.5 Å². The van der Waals surface area contributed by atoms with Crippen molar-refractivity contribution in [3.8, 4) is 0 Å². The quantitative estimate of drug-likeness (QED) is 0.765. The Hall–Kier alpha value is -2.47. The Kier molecular flexibility index (Phi) is 3.07. The van der Waals surface area contributed by atoms with E-state index in [4.69, 9.17) is 10.5 Å². The van der Waals surface area contributed by atoms with Crippen molar-refractivity contribution in [2.24, 2.45) is 0 Å². The summed E-state index contributed by atoms with van der Waals surface area (Å²) in [6.45, 7) is 0.816. The lowest BCUT2D eigenvalue weighted by atomic mass is 10.2. The summed E-state index contributed by atoms with van der Waals surface area (Å²) in [7, 11) is 0. The van der Waals surface area contributed by atoms with Gasteiger partial charge in [-0.3, -0.25) is 4.57 Å². The molecule has 0 fully saturated rings. The number of ether oxygens (including phenoxy) is 1. The molecule has 0 radical (unpaired) electrons. The molecule has 96 valence electrons. The van der Waals surface area contributed by atoms with Gasteiger partial charge in [0.1, 0.15) is 6.73 Å². The SMILES string of the molecule is Nc1nc2nccnc2n1COCc1ccccc1. The molecule has 19 heavy (non-hydrogen) atoms. The number of aromatic nitrogens is 4. The van der Waals surface area contributed by atoms with Gasteiger partial charge >= 0.3 is 0 Å². The van der Waals surface area contributed by atoms with Crippen LogP contribution in [0.1, 0.15) is 5.56 Å². The van der Waals surface area contributed by atoms with Crippen LogP contribution in [-0.2, 0) is 18.1 Å². The van der Waals surface area contributed by atoms with Crippen molar-refractivity contribution in [2.45, 2.75) is 13.3 Å². The maximum absolute atomic E-state index is 5.82. The molecule has 3 aromatic rings. The predicted octanol–water partition coefficient (Wildman–Crippen LogP) is 1.58. The Labute approximate surface area is 109 Å². The first-order chi connectivity index (χ1) is 9.34. The van der Waals surface area contributed by atoms with Crippen LogP contribution in [0.4, 0.5) is 5.95 Å². The van der Waals surface area contributed by atoms with Crippen LogP contribution < -0.4 is 5.73 Å². The van der Waals surface area contributed by atoms with Gasteiger partial charge < -0.3 is 10.5 Å². The second-order valence-corrected chi connectivity index (χ2v) is 4.06. The van der Waals surface area contributed by atoms with Gasteiger partial charge in [0.05, 0.1) is 6.61 Å². The van der Waals surface area contributed by atoms with Crippen LogP contribution in [0.5, 0.6) is 0 Å². The number of benzene rings is 1. The molecule has 1 aromatic carbocycles. The van der Waals surface area contributed by atoms with E-state index < -0.39 is 0 Å². The number of nitrogen functional groups attached to an aromatic ring is 1. The van der Waals surface area contributed by atoms with E-state index in [1.54, 1.807) is 17.0 Å². The van der Waals surface area contributed by atoms with Crippen LogP contribution in [0.15, 0.2) is 42.7 Å². The van der Waals surface area contributed by atoms with Gasteiger partial charge in [-0.1, -0.05) is 30.3 Å². The fraction of sp³-hybridized carbons (Fsp3) is 0.154. The summed E-state index contributed by atoms with van der Waals surface area (Å²) >= 11 is 0. The molecule has 0 saturated carbocycles. The van der Waals surface area contributed by atoms with Crippen LogP contribution in [0.3, 0.4) is 0 Å². The van der Waals surface area contributed by atoms with Gasteiger partial charge in [-0.2, -0.15) is 4.98 Å². The van der Waals surface area contributed by atoms with Gasteiger partial charge in [0.25, 0.3) is 0 Å². The molecular formula is C13H13N5O. The molecule has 6 nitrogen and oxygen atoms in total. The summed E-state index contributed by atoms with van der Waals surface area (Å²) in [5, 5.41) is 0. The summed E-state index contributed by atoms with van der Waals surface area (Å²) in [6, 6.07) is 9.95. The summed E-state index contributed by atoms with van der Waals surface area (Å²) < 4.78 is 7.33. The summed E-state index contributed by atoms with van der Waals surface area (Å²) in [6.07, 6.45) is 3.20. The Morgan fingerprint density at radius 2 is 1.89 bits per heavy atom. The molecule has 0 aliphatic carbocycles. The van der Waals surface area contributed by atoms with Gasteiger partial charge in [0.15, 0.2) is 11.3 Å². The van der Waals surface area contributed by atoms with E-state index in [-0.39, 0.29) is 0 Å².